The second-order valence-corrected chi connectivity index (χ2v) is 7.05. The summed E-state index contributed by atoms with van der Waals surface area (Å²) in [5.74, 6) is 0.815. The largest absolute Gasteiger partial charge is 0.357 e. The molecule has 1 aliphatic rings. The average molecular weight is 461 g/mol. The second kappa shape index (κ2) is 12.2. The number of rotatable bonds is 7. The second-order valence-electron chi connectivity index (χ2n) is 7.05. The first-order valence-corrected chi connectivity index (χ1v) is 8.60. The molecule has 1 heterocycles. The van der Waals surface area contributed by atoms with Crippen LogP contribution in [0, 0.1) is 0 Å². The van der Waals surface area contributed by atoms with Crippen LogP contribution >= 0.6 is 24.0 Å². The van der Waals surface area contributed by atoms with Gasteiger partial charge in [-0.05, 0) is 40.5 Å². The number of nitrogens with one attached hydrogen (secondary N) is 3. The topological polar surface area (TPSA) is 51.7 Å². The number of nitrogens with zero attached hydrogens (tertiary/aromatic N) is 2. The highest BCUT2D eigenvalue weighted by Gasteiger charge is 2.21. The first kappa shape index (κ1) is 23.8. The molecule has 0 unspecified atom stereocenters. The van der Waals surface area contributed by atoms with E-state index in [1.807, 2.05) is 11.8 Å². The summed E-state index contributed by atoms with van der Waals surface area (Å²) in [6, 6.07) is 0.303. The van der Waals surface area contributed by atoms with Gasteiger partial charge in [0.15, 0.2) is 5.96 Å². The van der Waals surface area contributed by atoms with Crippen LogP contribution in [0.5, 0.6) is 0 Å². The van der Waals surface area contributed by atoms with E-state index >= 15 is 0 Å². The van der Waals surface area contributed by atoms with Crippen molar-refractivity contribution in [1.82, 2.24) is 20.9 Å². The Balaban J connectivity index is 0.00000529. The van der Waals surface area contributed by atoms with E-state index in [4.69, 9.17) is 0 Å². The average Bonchev–Trinajstić information content (AvgIpc) is 2.44. The highest BCUT2D eigenvalue weighted by molar-refractivity contribution is 14.0. The Hall–Kier alpha value is -0.220. The molecule has 0 saturated carbocycles. The molecule has 0 radical (unpaired) electrons. The Morgan fingerprint density at radius 2 is 1.88 bits per heavy atom. The standard InChI is InChI=1S/C16H33F2N5.HI/c1-5-19-15(20-8-9-21-16(2,3)4)22-13-6-10-23(11-7-13)12-14(17)18;/h13-14,21H,5-12H2,1-4H3,(H2,19,20,22);1H. The molecule has 1 saturated heterocycles. The van der Waals surface area contributed by atoms with Crippen molar-refractivity contribution in [1.29, 1.82) is 0 Å². The van der Waals surface area contributed by atoms with Crippen LogP contribution in [0.1, 0.15) is 40.5 Å². The van der Waals surface area contributed by atoms with Gasteiger partial charge >= 0.3 is 0 Å². The van der Waals surface area contributed by atoms with Crippen molar-refractivity contribution >= 4 is 29.9 Å². The molecule has 3 N–H and O–H groups in total. The summed E-state index contributed by atoms with van der Waals surface area (Å²) in [7, 11) is 0. The van der Waals surface area contributed by atoms with E-state index in [9.17, 15) is 8.78 Å². The number of guanidine groups is 1. The Morgan fingerprint density at radius 1 is 1.25 bits per heavy atom. The Kier molecular flexibility index (Phi) is 12.1. The quantitative estimate of drug-likeness (QED) is 0.236. The van der Waals surface area contributed by atoms with Crippen LogP contribution in [0.25, 0.3) is 0 Å². The molecular formula is C16H34F2IN5. The van der Waals surface area contributed by atoms with Gasteiger partial charge in [-0.1, -0.05) is 0 Å². The minimum Gasteiger partial charge on any atom is -0.357 e. The van der Waals surface area contributed by atoms with E-state index in [2.05, 4.69) is 41.7 Å². The van der Waals surface area contributed by atoms with E-state index in [-0.39, 0.29) is 36.1 Å². The van der Waals surface area contributed by atoms with E-state index in [0.29, 0.717) is 25.7 Å². The van der Waals surface area contributed by atoms with E-state index in [1.54, 1.807) is 0 Å². The minimum absolute atomic E-state index is 0. The molecule has 0 aromatic rings. The van der Waals surface area contributed by atoms with Crippen molar-refractivity contribution in [3.05, 3.63) is 0 Å². The van der Waals surface area contributed by atoms with Crippen molar-refractivity contribution in [2.75, 3.05) is 39.3 Å². The highest BCUT2D eigenvalue weighted by Crippen LogP contribution is 2.11. The lowest BCUT2D eigenvalue weighted by Crippen LogP contribution is -2.49. The van der Waals surface area contributed by atoms with Gasteiger partial charge in [0.2, 0.25) is 0 Å². The van der Waals surface area contributed by atoms with Crippen molar-refractivity contribution in [2.24, 2.45) is 4.99 Å². The summed E-state index contributed by atoms with van der Waals surface area (Å²) in [4.78, 5) is 6.41. The summed E-state index contributed by atoms with van der Waals surface area (Å²) < 4.78 is 24.8. The minimum atomic E-state index is -2.24. The molecule has 0 bridgehead atoms. The maximum atomic E-state index is 12.4. The third-order valence-corrected chi connectivity index (χ3v) is 3.71. The molecule has 144 valence electrons. The summed E-state index contributed by atoms with van der Waals surface area (Å²) in [6.07, 6.45) is -0.497. The van der Waals surface area contributed by atoms with E-state index < -0.39 is 6.43 Å². The molecule has 1 fully saturated rings. The monoisotopic (exact) mass is 461 g/mol. The number of piperidine rings is 1. The molecular weight excluding hydrogens is 427 g/mol. The van der Waals surface area contributed by atoms with Crippen LogP contribution in [0.15, 0.2) is 4.99 Å². The van der Waals surface area contributed by atoms with Crippen LogP contribution in [-0.4, -0.2) is 68.1 Å². The van der Waals surface area contributed by atoms with Crippen LogP contribution < -0.4 is 16.0 Å². The third-order valence-electron chi connectivity index (χ3n) is 3.71. The summed E-state index contributed by atoms with van der Waals surface area (Å²) >= 11 is 0. The maximum absolute atomic E-state index is 12.4. The van der Waals surface area contributed by atoms with Crippen molar-refractivity contribution in [2.45, 2.75) is 58.5 Å². The molecule has 0 aromatic carbocycles. The van der Waals surface area contributed by atoms with E-state index in [0.717, 1.165) is 31.9 Å². The number of aliphatic imine (C=N–C) groups is 1. The maximum Gasteiger partial charge on any atom is 0.251 e. The van der Waals surface area contributed by atoms with Gasteiger partial charge in [0.05, 0.1) is 13.1 Å². The van der Waals surface area contributed by atoms with Crippen LogP contribution in [0.3, 0.4) is 0 Å². The van der Waals surface area contributed by atoms with Gasteiger partial charge in [-0.2, -0.15) is 0 Å². The zero-order chi connectivity index (χ0) is 17.3. The fourth-order valence-electron chi connectivity index (χ4n) is 2.57. The SMILES string of the molecule is CCNC(=NCCNC(C)(C)C)NC1CCN(CC(F)F)CC1.I. The van der Waals surface area contributed by atoms with E-state index in [1.165, 1.54) is 0 Å². The Labute approximate surface area is 162 Å². The fraction of sp³-hybridized carbons (Fsp3) is 0.938. The first-order chi connectivity index (χ1) is 10.8. The fourth-order valence-corrected chi connectivity index (χ4v) is 2.57. The van der Waals surface area contributed by atoms with Gasteiger partial charge in [0.25, 0.3) is 6.43 Å². The summed E-state index contributed by atoms with van der Waals surface area (Å²) in [5, 5.41) is 10.1. The predicted molar refractivity (Wildman–Crippen MR) is 108 cm³/mol. The van der Waals surface area contributed by atoms with Crippen LogP contribution in [0.4, 0.5) is 8.78 Å². The molecule has 1 rings (SSSR count). The lowest BCUT2D eigenvalue weighted by atomic mass is 10.1. The molecule has 5 nitrogen and oxygen atoms in total. The van der Waals surface area contributed by atoms with Crippen molar-refractivity contribution in [3.63, 3.8) is 0 Å². The summed E-state index contributed by atoms with van der Waals surface area (Å²) in [6.45, 7) is 12.1. The molecule has 0 amide bonds. The summed E-state index contributed by atoms with van der Waals surface area (Å²) in [5.41, 5.74) is 0.0961. The molecule has 1 aliphatic heterocycles. The number of hydrogen-bond acceptors (Lipinski definition) is 3. The van der Waals surface area contributed by atoms with Crippen molar-refractivity contribution < 1.29 is 8.78 Å². The third kappa shape index (κ3) is 11.4. The molecule has 0 aromatic heterocycles. The zero-order valence-electron chi connectivity index (χ0n) is 15.4. The highest BCUT2D eigenvalue weighted by atomic mass is 127. The predicted octanol–water partition coefficient (Wildman–Crippen LogP) is 2.28. The van der Waals surface area contributed by atoms with Crippen LogP contribution in [0.2, 0.25) is 0 Å². The normalized spacial score (nSPS) is 17.7. The lowest BCUT2D eigenvalue weighted by Gasteiger charge is -2.32. The van der Waals surface area contributed by atoms with Gasteiger partial charge in [0, 0.05) is 37.8 Å². The van der Waals surface area contributed by atoms with Crippen LogP contribution in [-0.2, 0) is 0 Å². The molecule has 24 heavy (non-hydrogen) atoms. The van der Waals surface area contributed by atoms with Gasteiger partial charge < -0.3 is 16.0 Å². The molecule has 0 atom stereocenters. The molecule has 8 heteroatoms. The van der Waals surface area contributed by atoms with Gasteiger partial charge in [-0.25, -0.2) is 8.78 Å². The van der Waals surface area contributed by atoms with Gasteiger partial charge in [-0.3, -0.25) is 9.89 Å². The van der Waals surface area contributed by atoms with Gasteiger partial charge in [0.1, 0.15) is 0 Å². The number of likely N-dealkylation sites (tertiary alicyclic amines) is 1. The van der Waals surface area contributed by atoms with Gasteiger partial charge in [-0.15, -0.1) is 24.0 Å². The Morgan fingerprint density at radius 3 is 2.38 bits per heavy atom. The number of alkyl halides is 2. The smallest absolute Gasteiger partial charge is 0.251 e. The molecule has 0 spiro atoms. The van der Waals surface area contributed by atoms with Crippen molar-refractivity contribution in [3.8, 4) is 0 Å². The Bertz CT molecular complexity index is 353. The number of halogens is 3. The molecule has 0 aliphatic carbocycles. The zero-order valence-corrected chi connectivity index (χ0v) is 17.7. The first-order valence-electron chi connectivity index (χ1n) is 8.60. The number of hydrogen-bond donors (Lipinski definition) is 3. The lowest BCUT2D eigenvalue weighted by molar-refractivity contribution is 0.0744.